The topological polar surface area (TPSA) is 78.5 Å². The third-order valence-electron chi connectivity index (χ3n) is 5.67. The van der Waals surface area contributed by atoms with Crippen LogP contribution in [0, 0.1) is 11.6 Å². The number of rotatable bonds is 6. The van der Waals surface area contributed by atoms with Gasteiger partial charge in [0.15, 0.2) is 11.6 Å². The number of phenols is 1. The van der Waals surface area contributed by atoms with Crippen LogP contribution in [0.1, 0.15) is 28.8 Å². The van der Waals surface area contributed by atoms with Crippen LogP contribution in [0.15, 0.2) is 54.7 Å². The number of carbonyl (C=O) groups is 1. The predicted octanol–water partition coefficient (Wildman–Crippen LogP) is 5.03. The molecule has 33 heavy (non-hydrogen) atoms. The first-order valence-corrected chi connectivity index (χ1v) is 10.6. The summed E-state index contributed by atoms with van der Waals surface area (Å²) >= 11 is 0. The van der Waals surface area contributed by atoms with Crippen molar-refractivity contribution >= 4 is 16.8 Å². The highest BCUT2D eigenvalue weighted by Gasteiger charge is 2.26. The number of aromatic hydroxyl groups is 1. The SMILES string of the molecule is CN(Cc1cc(O)c(F)c2cn[nH]c12)C(=O)c1ccc(-c2cccc(F)c2)c(OC2CC2)c1. The Morgan fingerprint density at radius 3 is 2.79 bits per heavy atom. The van der Waals surface area contributed by atoms with Crippen molar-refractivity contribution < 1.29 is 23.4 Å². The molecule has 2 N–H and O–H groups in total. The number of aromatic nitrogens is 2. The molecule has 4 aromatic rings. The number of hydrogen-bond acceptors (Lipinski definition) is 4. The first-order chi connectivity index (χ1) is 15.9. The Labute approximate surface area is 188 Å². The Kier molecular flexibility index (Phi) is 5.20. The van der Waals surface area contributed by atoms with Gasteiger partial charge in [-0.15, -0.1) is 0 Å². The highest BCUT2D eigenvalue weighted by Crippen LogP contribution is 2.36. The van der Waals surface area contributed by atoms with Crippen LogP contribution in [0.4, 0.5) is 8.78 Å². The lowest BCUT2D eigenvalue weighted by atomic mass is 10.0. The summed E-state index contributed by atoms with van der Waals surface area (Å²) in [5.74, 6) is -1.36. The zero-order valence-corrected chi connectivity index (χ0v) is 17.8. The van der Waals surface area contributed by atoms with Gasteiger partial charge in [-0.25, -0.2) is 8.78 Å². The van der Waals surface area contributed by atoms with Gasteiger partial charge in [0.25, 0.3) is 5.91 Å². The molecule has 1 aliphatic carbocycles. The monoisotopic (exact) mass is 449 g/mol. The van der Waals surface area contributed by atoms with Gasteiger partial charge in [-0.2, -0.15) is 5.10 Å². The fourth-order valence-corrected chi connectivity index (χ4v) is 3.82. The lowest BCUT2D eigenvalue weighted by molar-refractivity contribution is 0.0785. The summed E-state index contributed by atoms with van der Waals surface area (Å²) < 4.78 is 33.9. The minimum absolute atomic E-state index is 0.0937. The number of carbonyl (C=O) groups excluding carboxylic acids is 1. The van der Waals surface area contributed by atoms with Crippen molar-refractivity contribution in [3.05, 3.63) is 77.5 Å². The number of benzene rings is 3. The van der Waals surface area contributed by atoms with E-state index in [1.807, 2.05) is 0 Å². The fourth-order valence-electron chi connectivity index (χ4n) is 3.82. The molecule has 1 saturated carbocycles. The first kappa shape index (κ1) is 20.9. The van der Waals surface area contributed by atoms with Crippen molar-refractivity contribution in [3.63, 3.8) is 0 Å². The quantitative estimate of drug-likeness (QED) is 0.433. The predicted molar refractivity (Wildman–Crippen MR) is 119 cm³/mol. The van der Waals surface area contributed by atoms with E-state index >= 15 is 0 Å². The average Bonchev–Trinajstić information content (AvgIpc) is 3.47. The van der Waals surface area contributed by atoms with Crippen molar-refractivity contribution in [1.82, 2.24) is 15.1 Å². The maximum Gasteiger partial charge on any atom is 0.254 e. The van der Waals surface area contributed by atoms with Crippen molar-refractivity contribution in [2.24, 2.45) is 0 Å². The van der Waals surface area contributed by atoms with Gasteiger partial charge in [-0.3, -0.25) is 9.89 Å². The molecule has 0 spiro atoms. The summed E-state index contributed by atoms with van der Waals surface area (Å²) in [6.45, 7) is 0.121. The van der Waals surface area contributed by atoms with Crippen LogP contribution in [-0.2, 0) is 6.54 Å². The zero-order chi connectivity index (χ0) is 23.1. The molecule has 168 valence electrons. The van der Waals surface area contributed by atoms with Crippen molar-refractivity contribution in [3.8, 4) is 22.6 Å². The molecule has 1 fully saturated rings. The molecule has 0 bridgehead atoms. The van der Waals surface area contributed by atoms with Crippen LogP contribution in [0.3, 0.4) is 0 Å². The number of ether oxygens (including phenoxy) is 1. The van der Waals surface area contributed by atoms with E-state index < -0.39 is 11.6 Å². The van der Waals surface area contributed by atoms with E-state index in [0.717, 1.165) is 12.8 Å². The van der Waals surface area contributed by atoms with E-state index in [1.54, 1.807) is 37.4 Å². The summed E-state index contributed by atoms with van der Waals surface area (Å²) in [4.78, 5) is 14.6. The number of amides is 1. The maximum atomic E-state index is 14.1. The fraction of sp³-hybridized carbons (Fsp3) is 0.200. The minimum Gasteiger partial charge on any atom is -0.505 e. The standard InChI is InChI=1S/C25H21F2N3O3/c1-30(13-16-10-21(31)23(27)20-12-28-29-24(16)20)25(32)15-5-8-19(14-3-2-4-17(26)9-14)22(11-15)33-18-6-7-18/h2-5,8-12,18,31H,6-7,13H2,1H3,(H,28,29). The number of aromatic amines is 1. The molecule has 0 unspecified atom stereocenters. The summed E-state index contributed by atoms with van der Waals surface area (Å²) in [6.07, 6.45) is 3.27. The lowest BCUT2D eigenvalue weighted by Gasteiger charge is -2.19. The van der Waals surface area contributed by atoms with E-state index in [2.05, 4.69) is 10.2 Å². The van der Waals surface area contributed by atoms with Crippen LogP contribution in [-0.4, -0.2) is 39.3 Å². The molecule has 1 amide bonds. The molecular weight excluding hydrogens is 428 g/mol. The number of fused-ring (bicyclic) bond motifs is 1. The second kappa shape index (κ2) is 8.20. The molecule has 5 rings (SSSR count). The summed E-state index contributed by atoms with van der Waals surface area (Å²) in [5.41, 5.74) is 2.73. The van der Waals surface area contributed by atoms with Crippen LogP contribution in [0.2, 0.25) is 0 Å². The third kappa shape index (κ3) is 4.11. The van der Waals surface area contributed by atoms with E-state index in [-0.39, 0.29) is 29.8 Å². The Bertz CT molecular complexity index is 1360. The lowest BCUT2D eigenvalue weighted by Crippen LogP contribution is -2.26. The average molecular weight is 449 g/mol. The summed E-state index contributed by atoms with van der Waals surface area (Å²) in [7, 11) is 1.62. The molecule has 6 nitrogen and oxygen atoms in total. The van der Waals surface area contributed by atoms with Gasteiger partial charge in [-0.05, 0) is 54.8 Å². The van der Waals surface area contributed by atoms with Crippen LogP contribution >= 0.6 is 0 Å². The normalized spacial score (nSPS) is 13.3. The number of hydrogen-bond donors (Lipinski definition) is 2. The molecule has 0 saturated heterocycles. The van der Waals surface area contributed by atoms with Gasteiger partial charge in [-0.1, -0.05) is 12.1 Å². The molecule has 0 atom stereocenters. The van der Waals surface area contributed by atoms with E-state index in [4.69, 9.17) is 4.74 Å². The molecule has 3 aromatic carbocycles. The minimum atomic E-state index is -0.758. The highest BCUT2D eigenvalue weighted by molar-refractivity contribution is 5.96. The number of nitrogens with zero attached hydrogens (tertiary/aromatic N) is 2. The Balaban J connectivity index is 1.44. The molecule has 0 aliphatic heterocycles. The van der Waals surface area contributed by atoms with Gasteiger partial charge >= 0.3 is 0 Å². The maximum absolute atomic E-state index is 14.1. The van der Waals surface area contributed by atoms with Gasteiger partial charge in [0.1, 0.15) is 11.6 Å². The van der Waals surface area contributed by atoms with Crippen molar-refractivity contribution in [2.75, 3.05) is 7.05 Å². The first-order valence-electron chi connectivity index (χ1n) is 10.6. The van der Waals surface area contributed by atoms with E-state index in [0.29, 0.717) is 33.5 Å². The van der Waals surface area contributed by atoms with Gasteiger partial charge < -0.3 is 14.7 Å². The molecule has 0 radical (unpaired) electrons. The van der Waals surface area contributed by atoms with Crippen LogP contribution < -0.4 is 4.74 Å². The third-order valence-corrected chi connectivity index (χ3v) is 5.67. The largest absolute Gasteiger partial charge is 0.505 e. The van der Waals surface area contributed by atoms with Gasteiger partial charge in [0.2, 0.25) is 0 Å². The Hall–Kier alpha value is -3.94. The number of H-pyrrole nitrogens is 1. The Morgan fingerprint density at radius 2 is 2.03 bits per heavy atom. The second-order valence-corrected chi connectivity index (χ2v) is 8.23. The highest BCUT2D eigenvalue weighted by atomic mass is 19.1. The molecular formula is C25H21F2N3O3. The van der Waals surface area contributed by atoms with Crippen molar-refractivity contribution in [2.45, 2.75) is 25.5 Å². The van der Waals surface area contributed by atoms with E-state index in [1.165, 1.54) is 29.3 Å². The van der Waals surface area contributed by atoms with Crippen LogP contribution in [0.25, 0.3) is 22.0 Å². The van der Waals surface area contributed by atoms with Crippen LogP contribution in [0.5, 0.6) is 11.5 Å². The van der Waals surface area contributed by atoms with E-state index in [9.17, 15) is 18.7 Å². The summed E-state index contributed by atoms with van der Waals surface area (Å²) in [6, 6.07) is 12.6. The number of halogens is 2. The molecule has 1 aliphatic rings. The second-order valence-electron chi connectivity index (χ2n) is 8.23. The Morgan fingerprint density at radius 1 is 1.21 bits per heavy atom. The number of phenolic OH excluding ortho intramolecular Hbond substituents is 1. The molecule has 8 heteroatoms. The smallest absolute Gasteiger partial charge is 0.254 e. The number of nitrogens with one attached hydrogen (secondary N) is 1. The summed E-state index contributed by atoms with van der Waals surface area (Å²) in [5, 5.41) is 16.6. The molecule has 1 heterocycles. The van der Waals surface area contributed by atoms with Crippen molar-refractivity contribution in [1.29, 1.82) is 0 Å². The molecule has 1 aromatic heterocycles. The van der Waals surface area contributed by atoms with Gasteiger partial charge in [0, 0.05) is 30.3 Å². The zero-order valence-electron chi connectivity index (χ0n) is 17.8. The van der Waals surface area contributed by atoms with Gasteiger partial charge in [0.05, 0.1) is 23.2 Å².